The van der Waals surface area contributed by atoms with Gasteiger partial charge >= 0.3 is 0 Å². The molecule has 0 amide bonds. The second-order valence-electron chi connectivity index (χ2n) is 6.53. The number of aliphatic imine (C=N–C) groups is 1. The molecule has 1 N–H and O–H groups in total. The number of ether oxygens (including phenoxy) is 1. The van der Waals surface area contributed by atoms with Gasteiger partial charge in [0.1, 0.15) is 5.75 Å². The van der Waals surface area contributed by atoms with Crippen molar-refractivity contribution in [2.45, 2.75) is 6.92 Å². The molecule has 4 aromatic rings. The molecule has 0 bridgehead atoms. The van der Waals surface area contributed by atoms with Crippen molar-refractivity contribution in [3.8, 4) is 5.75 Å². The summed E-state index contributed by atoms with van der Waals surface area (Å²) < 4.78 is 6.62. The van der Waals surface area contributed by atoms with E-state index in [1.807, 2.05) is 91.9 Å². The van der Waals surface area contributed by atoms with Gasteiger partial charge in [-0.05, 0) is 55.0 Å². The van der Waals surface area contributed by atoms with Gasteiger partial charge in [-0.25, -0.2) is 9.98 Å². The molecule has 0 radical (unpaired) electrons. The van der Waals surface area contributed by atoms with E-state index >= 15 is 0 Å². The van der Waals surface area contributed by atoms with Crippen molar-refractivity contribution in [1.29, 1.82) is 0 Å². The van der Waals surface area contributed by atoms with Crippen LogP contribution >= 0.6 is 11.3 Å². The summed E-state index contributed by atoms with van der Waals surface area (Å²) in [5.41, 5.74) is 5.90. The van der Waals surface area contributed by atoms with Crippen LogP contribution in [0.15, 0.2) is 95.0 Å². The Morgan fingerprint density at radius 1 is 1.00 bits per heavy atom. The Morgan fingerprint density at radius 3 is 2.55 bits per heavy atom. The zero-order valence-electron chi connectivity index (χ0n) is 17.1. The maximum absolute atomic E-state index is 5.51. The quantitative estimate of drug-likeness (QED) is 0.222. The minimum absolute atomic E-state index is 0.592. The summed E-state index contributed by atoms with van der Waals surface area (Å²) in [7, 11) is 0. The number of fused-ring (bicyclic) bond motifs is 1. The largest absolute Gasteiger partial charge is 0.494 e. The predicted molar refractivity (Wildman–Crippen MR) is 131 cm³/mol. The Labute approximate surface area is 185 Å². The van der Waals surface area contributed by atoms with Gasteiger partial charge in [-0.2, -0.15) is 5.10 Å². The standard InChI is InChI=1S/C25H22N4OS/c1-2-30-21-16-14-20(15-17-21)27-24(25-28-22-12-6-7-13-23(22)31-25)29-26-18-8-11-19-9-4-3-5-10-19/h3-18H,2H2,1H3,(H,27,29). The Kier molecular flexibility index (Phi) is 6.82. The van der Waals surface area contributed by atoms with E-state index in [4.69, 9.17) is 14.7 Å². The lowest BCUT2D eigenvalue weighted by Crippen LogP contribution is -2.18. The highest BCUT2D eigenvalue weighted by Crippen LogP contribution is 2.24. The number of hydrogen-bond acceptors (Lipinski definition) is 5. The fourth-order valence-electron chi connectivity index (χ4n) is 2.87. The SMILES string of the molecule is CCOc1ccc(N=C(NN=CC=Cc2ccccc2)c2nc3ccccc3s2)cc1. The number of allylic oxidation sites excluding steroid dienone is 1. The highest BCUT2D eigenvalue weighted by Gasteiger charge is 2.10. The van der Waals surface area contributed by atoms with Crippen LogP contribution in [0.25, 0.3) is 16.3 Å². The molecule has 0 fully saturated rings. The molecule has 0 aliphatic rings. The zero-order valence-corrected chi connectivity index (χ0v) is 17.9. The van der Waals surface area contributed by atoms with Crippen LogP contribution in [-0.2, 0) is 0 Å². The lowest BCUT2D eigenvalue weighted by Gasteiger charge is -2.04. The first-order chi connectivity index (χ1) is 15.3. The van der Waals surface area contributed by atoms with Crippen LogP contribution in [0.4, 0.5) is 5.69 Å². The zero-order chi connectivity index (χ0) is 21.3. The van der Waals surface area contributed by atoms with E-state index in [0.717, 1.165) is 32.2 Å². The molecular formula is C25H22N4OS. The summed E-state index contributed by atoms with van der Waals surface area (Å²) in [6.45, 7) is 2.60. The van der Waals surface area contributed by atoms with Crippen LogP contribution < -0.4 is 10.2 Å². The molecule has 1 aromatic heterocycles. The summed E-state index contributed by atoms with van der Waals surface area (Å²) in [6, 6.07) is 25.8. The average molecular weight is 427 g/mol. The van der Waals surface area contributed by atoms with Crippen molar-refractivity contribution in [3.05, 3.63) is 95.5 Å². The number of nitrogens with one attached hydrogen (secondary N) is 1. The van der Waals surface area contributed by atoms with Crippen LogP contribution in [0.2, 0.25) is 0 Å². The number of hydrazone groups is 1. The van der Waals surface area contributed by atoms with Gasteiger partial charge in [0.25, 0.3) is 0 Å². The van der Waals surface area contributed by atoms with Crippen LogP contribution in [0, 0.1) is 0 Å². The Balaban J connectivity index is 1.57. The van der Waals surface area contributed by atoms with Crippen molar-refractivity contribution < 1.29 is 4.74 Å². The van der Waals surface area contributed by atoms with Crippen molar-refractivity contribution in [3.63, 3.8) is 0 Å². The van der Waals surface area contributed by atoms with Gasteiger partial charge in [0.2, 0.25) is 0 Å². The first kappa shape index (κ1) is 20.5. The Hall–Kier alpha value is -3.77. The summed E-state index contributed by atoms with van der Waals surface area (Å²) >= 11 is 1.58. The van der Waals surface area contributed by atoms with Crippen LogP contribution in [0.3, 0.4) is 0 Å². The number of aromatic nitrogens is 1. The van der Waals surface area contributed by atoms with Gasteiger partial charge in [0.05, 0.1) is 22.5 Å². The van der Waals surface area contributed by atoms with Gasteiger partial charge in [0.15, 0.2) is 10.8 Å². The molecule has 5 nitrogen and oxygen atoms in total. The molecule has 0 saturated carbocycles. The number of amidine groups is 1. The van der Waals surface area contributed by atoms with Crippen LogP contribution in [0.1, 0.15) is 17.5 Å². The maximum atomic E-state index is 5.51. The first-order valence-electron chi connectivity index (χ1n) is 10.00. The molecule has 31 heavy (non-hydrogen) atoms. The molecule has 1 heterocycles. The van der Waals surface area contributed by atoms with Crippen molar-refractivity contribution in [1.82, 2.24) is 10.4 Å². The van der Waals surface area contributed by atoms with E-state index in [2.05, 4.69) is 16.6 Å². The normalized spacial score (nSPS) is 12.1. The van der Waals surface area contributed by atoms with Gasteiger partial charge in [-0.3, -0.25) is 5.43 Å². The van der Waals surface area contributed by atoms with Gasteiger partial charge in [-0.1, -0.05) is 48.5 Å². The molecule has 0 aliphatic heterocycles. The van der Waals surface area contributed by atoms with E-state index in [-0.39, 0.29) is 0 Å². The fourth-order valence-corrected chi connectivity index (χ4v) is 3.77. The maximum Gasteiger partial charge on any atom is 0.183 e. The second-order valence-corrected chi connectivity index (χ2v) is 7.56. The molecule has 0 spiro atoms. The van der Waals surface area contributed by atoms with Crippen molar-refractivity contribution in [2.75, 3.05) is 6.61 Å². The third-order valence-corrected chi connectivity index (χ3v) is 5.35. The molecule has 154 valence electrons. The minimum atomic E-state index is 0.592. The highest BCUT2D eigenvalue weighted by molar-refractivity contribution is 7.20. The van der Waals surface area contributed by atoms with Crippen molar-refractivity contribution >= 4 is 45.4 Å². The van der Waals surface area contributed by atoms with Crippen molar-refractivity contribution in [2.24, 2.45) is 10.1 Å². The first-order valence-corrected chi connectivity index (χ1v) is 10.8. The number of para-hydroxylation sites is 1. The number of thiazole rings is 1. The summed E-state index contributed by atoms with van der Waals surface area (Å²) in [6.07, 6.45) is 5.58. The highest BCUT2D eigenvalue weighted by atomic mass is 32.1. The van der Waals surface area contributed by atoms with Crippen LogP contribution in [-0.4, -0.2) is 23.6 Å². The average Bonchev–Trinajstić information content (AvgIpc) is 3.24. The number of hydrogen-bond donors (Lipinski definition) is 1. The lowest BCUT2D eigenvalue weighted by molar-refractivity contribution is 0.340. The number of rotatable bonds is 7. The summed E-state index contributed by atoms with van der Waals surface area (Å²) in [5.74, 6) is 1.41. The molecule has 0 aliphatic carbocycles. The van der Waals surface area contributed by atoms with E-state index in [1.165, 1.54) is 0 Å². The molecule has 4 rings (SSSR count). The molecule has 6 heteroatoms. The molecule has 0 unspecified atom stereocenters. The van der Waals surface area contributed by atoms with E-state index < -0.39 is 0 Å². The lowest BCUT2D eigenvalue weighted by atomic mass is 10.2. The number of nitrogens with zero attached hydrogens (tertiary/aromatic N) is 3. The third kappa shape index (κ3) is 5.65. The molecular weight excluding hydrogens is 404 g/mol. The van der Waals surface area contributed by atoms with Crippen LogP contribution in [0.5, 0.6) is 5.75 Å². The van der Waals surface area contributed by atoms with Gasteiger partial charge in [-0.15, -0.1) is 11.3 Å². The van der Waals surface area contributed by atoms with E-state index in [9.17, 15) is 0 Å². The number of benzene rings is 3. The van der Waals surface area contributed by atoms with Gasteiger partial charge < -0.3 is 4.74 Å². The monoisotopic (exact) mass is 426 g/mol. The molecule has 0 atom stereocenters. The van der Waals surface area contributed by atoms with Gasteiger partial charge in [0, 0.05) is 6.21 Å². The second kappa shape index (κ2) is 10.3. The summed E-state index contributed by atoms with van der Waals surface area (Å²) in [4.78, 5) is 9.45. The topological polar surface area (TPSA) is 58.9 Å². The Morgan fingerprint density at radius 2 is 1.77 bits per heavy atom. The van der Waals surface area contributed by atoms with E-state index in [0.29, 0.717) is 12.4 Å². The fraction of sp³-hybridized carbons (Fsp3) is 0.0800. The smallest absolute Gasteiger partial charge is 0.183 e. The minimum Gasteiger partial charge on any atom is -0.494 e. The van der Waals surface area contributed by atoms with E-state index in [1.54, 1.807) is 17.6 Å². The summed E-state index contributed by atoms with van der Waals surface area (Å²) in [5, 5.41) is 5.10. The third-order valence-electron chi connectivity index (χ3n) is 4.30. The Bertz CT molecular complexity index is 1180. The molecule has 3 aromatic carbocycles. The predicted octanol–water partition coefficient (Wildman–Crippen LogP) is 6.06. The molecule has 0 saturated heterocycles.